The number of carbonyl (C=O) groups excluding carboxylic acids is 1. The maximum atomic E-state index is 11.3. The molecule has 0 unspecified atom stereocenters. The number of carbonyl (C=O) groups is 1. The lowest BCUT2D eigenvalue weighted by Gasteiger charge is -2.61. The summed E-state index contributed by atoms with van der Waals surface area (Å²) in [4.78, 5) is 11.3. The zero-order chi connectivity index (χ0) is 22.4. The molecule has 0 saturated heterocycles. The van der Waals surface area contributed by atoms with Gasteiger partial charge >= 0.3 is 5.43 Å². The molecule has 0 N–H and O–H groups in total. The van der Waals surface area contributed by atoms with Crippen molar-refractivity contribution in [3.63, 3.8) is 0 Å². The van der Waals surface area contributed by atoms with Gasteiger partial charge in [0, 0.05) is 11.6 Å². The summed E-state index contributed by atoms with van der Waals surface area (Å²) in [5.74, 6) is 6.13. The van der Waals surface area contributed by atoms with Gasteiger partial charge in [-0.1, -0.05) is 53.9 Å². The molecule has 4 saturated carbocycles. The lowest BCUT2D eigenvalue weighted by molar-refractivity contribution is -0.128. The summed E-state index contributed by atoms with van der Waals surface area (Å²) in [7, 11) is 0. The van der Waals surface area contributed by atoms with Crippen LogP contribution in [0, 0.1) is 52.3 Å². The highest BCUT2D eigenvalue weighted by molar-refractivity contribution is 6.61. The predicted octanol–water partition coefficient (Wildman–Crippen LogP) is 8.85. The van der Waals surface area contributed by atoms with Crippen molar-refractivity contribution < 1.29 is 9.53 Å². The van der Waals surface area contributed by atoms with Crippen LogP contribution < -0.4 is 0 Å². The molecule has 0 spiro atoms. The van der Waals surface area contributed by atoms with Crippen molar-refractivity contribution >= 4 is 17.0 Å². The Morgan fingerprint density at radius 3 is 2.35 bits per heavy atom. The van der Waals surface area contributed by atoms with Gasteiger partial charge in [0.25, 0.3) is 0 Å². The summed E-state index contributed by atoms with van der Waals surface area (Å²) in [6.07, 6.45) is 16.1. The summed E-state index contributed by atoms with van der Waals surface area (Å²) in [5, 5.41) is 0. The summed E-state index contributed by atoms with van der Waals surface area (Å²) < 4.78 is 5.42. The van der Waals surface area contributed by atoms with Gasteiger partial charge in [-0.25, -0.2) is 4.79 Å². The van der Waals surface area contributed by atoms with Crippen LogP contribution in [0.15, 0.2) is 0 Å². The molecule has 0 heterocycles. The zero-order valence-electron chi connectivity index (χ0n) is 20.8. The van der Waals surface area contributed by atoms with Crippen LogP contribution in [0.2, 0.25) is 0 Å². The molecule has 0 aliphatic heterocycles. The van der Waals surface area contributed by atoms with E-state index in [0.717, 1.165) is 48.3 Å². The number of hydrogen-bond donors (Lipinski definition) is 0. The van der Waals surface area contributed by atoms with Crippen molar-refractivity contribution in [3.8, 4) is 0 Å². The van der Waals surface area contributed by atoms with Gasteiger partial charge < -0.3 is 4.74 Å². The second kappa shape index (κ2) is 9.19. The minimum absolute atomic E-state index is 0.0519. The van der Waals surface area contributed by atoms with E-state index in [1.54, 1.807) is 0 Å². The van der Waals surface area contributed by atoms with E-state index in [2.05, 4.69) is 34.6 Å². The first kappa shape index (κ1) is 23.9. The Labute approximate surface area is 196 Å². The molecule has 0 radical (unpaired) electrons. The SMILES string of the molecule is CC(C)CCC[C@@H](C)[C@H]1CC[C@H]2[C@@H]3CC[C@H]4C[C@@H](OC(=O)Cl)CC[C@]4(C)[C@@H]3CC[C@]12C. The Kier molecular flexibility index (Phi) is 7.08. The molecule has 4 fully saturated rings. The van der Waals surface area contributed by atoms with E-state index in [0.29, 0.717) is 16.7 Å². The van der Waals surface area contributed by atoms with Gasteiger partial charge in [0.1, 0.15) is 6.10 Å². The highest BCUT2D eigenvalue weighted by atomic mass is 35.5. The molecule has 0 aromatic rings. The average molecular weight is 451 g/mol. The first-order valence-electron chi connectivity index (χ1n) is 13.5. The van der Waals surface area contributed by atoms with E-state index in [9.17, 15) is 4.79 Å². The standard InChI is InChI=1S/C28H47ClO2/c1-18(2)7-6-8-19(3)23-11-12-24-22-10-9-20-17-21(31-26(29)30)13-15-27(20,4)25(22)14-16-28(23,24)5/h18-25H,6-17H2,1-5H3/t19-,20+,21+,22+,23-,24+,25-,27+,28-/m1/s1. The van der Waals surface area contributed by atoms with E-state index in [-0.39, 0.29) is 6.10 Å². The molecule has 0 aromatic carbocycles. The minimum Gasteiger partial charge on any atom is -0.450 e. The van der Waals surface area contributed by atoms with Crippen molar-refractivity contribution in [2.75, 3.05) is 0 Å². The van der Waals surface area contributed by atoms with Crippen LogP contribution in [0.5, 0.6) is 0 Å². The Morgan fingerprint density at radius 1 is 0.935 bits per heavy atom. The Morgan fingerprint density at radius 2 is 1.65 bits per heavy atom. The third-order valence-corrected chi connectivity index (χ3v) is 11.2. The zero-order valence-corrected chi connectivity index (χ0v) is 21.6. The van der Waals surface area contributed by atoms with E-state index in [4.69, 9.17) is 16.3 Å². The Hall–Kier alpha value is -0.240. The van der Waals surface area contributed by atoms with Gasteiger partial charge in [0.15, 0.2) is 0 Å². The maximum Gasteiger partial charge on any atom is 0.404 e. The quantitative estimate of drug-likeness (QED) is 0.377. The van der Waals surface area contributed by atoms with Crippen LogP contribution in [-0.4, -0.2) is 11.5 Å². The third kappa shape index (κ3) is 4.45. The number of fused-ring (bicyclic) bond motifs is 5. The van der Waals surface area contributed by atoms with Crippen molar-refractivity contribution in [2.24, 2.45) is 52.3 Å². The van der Waals surface area contributed by atoms with Crippen molar-refractivity contribution in [3.05, 3.63) is 0 Å². The molecule has 178 valence electrons. The minimum atomic E-state index is -0.616. The highest BCUT2D eigenvalue weighted by Crippen LogP contribution is 2.68. The van der Waals surface area contributed by atoms with Crippen LogP contribution >= 0.6 is 11.6 Å². The number of hydrogen-bond acceptors (Lipinski definition) is 2. The molecule has 4 aliphatic rings. The fourth-order valence-electron chi connectivity index (χ4n) is 9.48. The van der Waals surface area contributed by atoms with E-state index >= 15 is 0 Å². The second-order valence-electron chi connectivity index (χ2n) is 12.9. The maximum absolute atomic E-state index is 11.3. The van der Waals surface area contributed by atoms with Crippen molar-refractivity contribution in [1.29, 1.82) is 0 Å². The topological polar surface area (TPSA) is 26.3 Å². The molecular formula is C28H47ClO2. The molecule has 0 bridgehead atoms. The number of halogens is 1. The summed E-state index contributed by atoms with van der Waals surface area (Å²) in [6.45, 7) is 12.6. The van der Waals surface area contributed by atoms with Crippen LogP contribution in [-0.2, 0) is 4.74 Å². The van der Waals surface area contributed by atoms with Crippen LogP contribution in [0.3, 0.4) is 0 Å². The largest absolute Gasteiger partial charge is 0.450 e. The molecule has 0 amide bonds. The molecule has 3 heteroatoms. The fourth-order valence-corrected chi connectivity index (χ4v) is 9.61. The Bertz CT molecular complexity index is 647. The molecule has 2 nitrogen and oxygen atoms in total. The van der Waals surface area contributed by atoms with E-state index < -0.39 is 5.43 Å². The molecular weight excluding hydrogens is 404 g/mol. The summed E-state index contributed by atoms with van der Waals surface area (Å²) >= 11 is 5.53. The number of rotatable bonds is 6. The molecule has 4 aliphatic carbocycles. The van der Waals surface area contributed by atoms with Gasteiger partial charge in [-0.15, -0.1) is 0 Å². The van der Waals surface area contributed by atoms with Gasteiger partial charge in [0.05, 0.1) is 0 Å². The third-order valence-electron chi connectivity index (χ3n) is 11.1. The monoisotopic (exact) mass is 450 g/mol. The van der Waals surface area contributed by atoms with E-state index in [1.165, 1.54) is 64.2 Å². The molecule has 31 heavy (non-hydrogen) atoms. The predicted molar refractivity (Wildman–Crippen MR) is 129 cm³/mol. The van der Waals surface area contributed by atoms with Crippen molar-refractivity contribution in [1.82, 2.24) is 0 Å². The second-order valence-corrected chi connectivity index (χ2v) is 13.2. The van der Waals surface area contributed by atoms with E-state index in [1.807, 2.05) is 0 Å². The fraction of sp³-hybridized carbons (Fsp3) is 0.964. The normalized spacial score (nSPS) is 45.5. The highest BCUT2D eigenvalue weighted by Gasteiger charge is 2.60. The first-order valence-corrected chi connectivity index (χ1v) is 13.9. The smallest absolute Gasteiger partial charge is 0.404 e. The van der Waals surface area contributed by atoms with Gasteiger partial charge in [-0.2, -0.15) is 0 Å². The molecule has 0 aromatic heterocycles. The van der Waals surface area contributed by atoms with Crippen molar-refractivity contribution in [2.45, 2.75) is 118 Å². The molecule has 9 atom stereocenters. The van der Waals surface area contributed by atoms with Gasteiger partial charge in [0.2, 0.25) is 0 Å². The van der Waals surface area contributed by atoms with Crippen LogP contribution in [0.4, 0.5) is 4.79 Å². The lowest BCUT2D eigenvalue weighted by atomic mass is 9.44. The van der Waals surface area contributed by atoms with Crippen LogP contribution in [0.25, 0.3) is 0 Å². The number of ether oxygens (including phenoxy) is 1. The molecule has 4 rings (SSSR count). The summed E-state index contributed by atoms with van der Waals surface area (Å²) in [5.41, 5.74) is 0.406. The first-order chi connectivity index (χ1) is 14.6. The van der Waals surface area contributed by atoms with Gasteiger partial charge in [-0.05, 0) is 110 Å². The lowest BCUT2D eigenvalue weighted by Crippen LogP contribution is -2.54. The average Bonchev–Trinajstić information content (AvgIpc) is 3.05. The van der Waals surface area contributed by atoms with Gasteiger partial charge in [-0.3, -0.25) is 0 Å². The Balaban J connectivity index is 1.43. The van der Waals surface area contributed by atoms with Crippen LogP contribution in [0.1, 0.15) is 112 Å². The summed E-state index contributed by atoms with van der Waals surface area (Å²) in [6, 6.07) is 0.